The monoisotopic (exact) mass is 237 g/mol. The summed E-state index contributed by atoms with van der Waals surface area (Å²) in [6.07, 6.45) is 0.913. The Morgan fingerprint density at radius 2 is 2.00 bits per heavy atom. The van der Waals surface area contributed by atoms with Gasteiger partial charge in [0.2, 0.25) is 0 Å². The first kappa shape index (κ1) is 14.2. The van der Waals surface area contributed by atoms with Crippen molar-refractivity contribution in [3.63, 3.8) is 0 Å². The molecule has 0 aliphatic rings. The maximum absolute atomic E-state index is 6.10. The van der Waals surface area contributed by atoms with E-state index in [0.29, 0.717) is 13.2 Å². The van der Waals surface area contributed by atoms with Crippen molar-refractivity contribution in [1.29, 1.82) is 0 Å². The largest absolute Gasteiger partial charge is 0.385 e. The summed E-state index contributed by atoms with van der Waals surface area (Å²) in [4.78, 5) is 0. The van der Waals surface area contributed by atoms with Gasteiger partial charge >= 0.3 is 0 Å². The average molecular weight is 237 g/mol. The highest BCUT2D eigenvalue weighted by Crippen LogP contribution is 2.17. The summed E-state index contributed by atoms with van der Waals surface area (Å²) < 4.78 is 10.5. The fraction of sp³-hybridized carbons (Fsp3) is 0.571. The van der Waals surface area contributed by atoms with E-state index in [9.17, 15) is 0 Å². The van der Waals surface area contributed by atoms with Crippen LogP contribution in [0.2, 0.25) is 0 Å². The third-order valence-electron chi connectivity index (χ3n) is 2.76. The van der Waals surface area contributed by atoms with Gasteiger partial charge in [-0.25, -0.2) is 0 Å². The summed E-state index contributed by atoms with van der Waals surface area (Å²) in [5.74, 6) is 0. The van der Waals surface area contributed by atoms with Crippen LogP contribution >= 0.6 is 0 Å². The standard InChI is InChI=1S/C14H23NO2/c1-11-5-6-13(12(2)9-11)14(15)10-17-8-4-7-16-3/h5-6,9,14H,4,7-8,10,15H2,1-3H3. The fourth-order valence-electron chi connectivity index (χ4n) is 1.85. The number of hydrogen-bond donors (Lipinski definition) is 1. The van der Waals surface area contributed by atoms with Gasteiger partial charge < -0.3 is 15.2 Å². The number of aryl methyl sites for hydroxylation is 2. The fourth-order valence-corrected chi connectivity index (χ4v) is 1.85. The molecule has 0 radical (unpaired) electrons. The van der Waals surface area contributed by atoms with Gasteiger partial charge in [0, 0.05) is 20.3 Å². The highest BCUT2D eigenvalue weighted by molar-refractivity contribution is 5.32. The van der Waals surface area contributed by atoms with E-state index >= 15 is 0 Å². The molecular weight excluding hydrogens is 214 g/mol. The second-order valence-electron chi connectivity index (χ2n) is 4.39. The topological polar surface area (TPSA) is 44.5 Å². The average Bonchev–Trinajstić information content (AvgIpc) is 2.28. The Labute approximate surface area is 104 Å². The summed E-state index contributed by atoms with van der Waals surface area (Å²) in [6, 6.07) is 6.29. The molecule has 1 rings (SSSR count). The first-order chi connectivity index (χ1) is 8.15. The van der Waals surface area contributed by atoms with Gasteiger partial charge in [-0.2, -0.15) is 0 Å². The molecule has 17 heavy (non-hydrogen) atoms. The van der Waals surface area contributed by atoms with Gasteiger partial charge in [-0.3, -0.25) is 0 Å². The van der Waals surface area contributed by atoms with Crippen LogP contribution in [0.3, 0.4) is 0 Å². The number of ether oxygens (including phenoxy) is 2. The zero-order valence-electron chi connectivity index (χ0n) is 11.0. The van der Waals surface area contributed by atoms with Crippen LogP contribution in [-0.4, -0.2) is 26.9 Å². The lowest BCUT2D eigenvalue weighted by Crippen LogP contribution is -2.19. The molecule has 0 heterocycles. The van der Waals surface area contributed by atoms with E-state index in [-0.39, 0.29) is 6.04 Å². The van der Waals surface area contributed by atoms with Gasteiger partial charge in [0.25, 0.3) is 0 Å². The minimum atomic E-state index is -0.0434. The van der Waals surface area contributed by atoms with Gasteiger partial charge in [-0.05, 0) is 31.4 Å². The second-order valence-corrected chi connectivity index (χ2v) is 4.39. The van der Waals surface area contributed by atoms with Crippen molar-refractivity contribution in [2.45, 2.75) is 26.3 Å². The van der Waals surface area contributed by atoms with Crippen LogP contribution in [0.5, 0.6) is 0 Å². The van der Waals surface area contributed by atoms with E-state index in [0.717, 1.165) is 13.0 Å². The van der Waals surface area contributed by atoms with Gasteiger partial charge in [0.05, 0.1) is 12.6 Å². The molecule has 0 bridgehead atoms. The molecule has 0 amide bonds. The van der Waals surface area contributed by atoms with Gasteiger partial charge in [0.15, 0.2) is 0 Å². The quantitative estimate of drug-likeness (QED) is 0.740. The van der Waals surface area contributed by atoms with Crippen molar-refractivity contribution in [2.24, 2.45) is 5.73 Å². The van der Waals surface area contributed by atoms with Crippen LogP contribution in [0.1, 0.15) is 29.2 Å². The van der Waals surface area contributed by atoms with Crippen molar-refractivity contribution in [3.8, 4) is 0 Å². The molecular formula is C14H23NO2. The SMILES string of the molecule is COCCCOCC(N)c1ccc(C)cc1C. The summed E-state index contributed by atoms with van der Waals surface area (Å²) in [6.45, 7) is 6.18. The Morgan fingerprint density at radius 3 is 2.65 bits per heavy atom. The van der Waals surface area contributed by atoms with Gasteiger partial charge in [-0.1, -0.05) is 23.8 Å². The maximum Gasteiger partial charge on any atom is 0.0659 e. The number of benzene rings is 1. The number of nitrogens with two attached hydrogens (primary N) is 1. The smallest absolute Gasteiger partial charge is 0.0659 e. The highest BCUT2D eigenvalue weighted by Gasteiger charge is 2.08. The minimum Gasteiger partial charge on any atom is -0.385 e. The van der Waals surface area contributed by atoms with E-state index < -0.39 is 0 Å². The maximum atomic E-state index is 6.10. The second kappa shape index (κ2) is 7.43. The molecule has 1 unspecified atom stereocenters. The zero-order valence-corrected chi connectivity index (χ0v) is 11.0. The summed E-state index contributed by atoms with van der Waals surface area (Å²) in [5, 5.41) is 0. The van der Waals surface area contributed by atoms with Crippen LogP contribution in [0.15, 0.2) is 18.2 Å². The van der Waals surface area contributed by atoms with E-state index in [1.54, 1.807) is 7.11 Å². The third kappa shape index (κ3) is 4.86. The molecule has 2 N–H and O–H groups in total. The van der Waals surface area contributed by atoms with Crippen LogP contribution in [0, 0.1) is 13.8 Å². The van der Waals surface area contributed by atoms with Crippen LogP contribution in [0.4, 0.5) is 0 Å². The molecule has 3 heteroatoms. The lowest BCUT2D eigenvalue weighted by molar-refractivity contribution is 0.0939. The molecule has 0 saturated carbocycles. The zero-order chi connectivity index (χ0) is 12.7. The predicted octanol–water partition coefficient (Wildman–Crippen LogP) is 2.36. The summed E-state index contributed by atoms with van der Waals surface area (Å²) in [5.41, 5.74) is 9.77. The number of hydrogen-bond acceptors (Lipinski definition) is 3. The molecule has 1 atom stereocenters. The van der Waals surface area contributed by atoms with Crippen molar-refractivity contribution < 1.29 is 9.47 Å². The van der Waals surface area contributed by atoms with Crippen LogP contribution in [-0.2, 0) is 9.47 Å². The van der Waals surface area contributed by atoms with Crippen molar-refractivity contribution >= 4 is 0 Å². The summed E-state index contributed by atoms with van der Waals surface area (Å²) in [7, 11) is 1.70. The van der Waals surface area contributed by atoms with E-state index in [4.69, 9.17) is 15.2 Å². The predicted molar refractivity (Wildman–Crippen MR) is 70.2 cm³/mol. The lowest BCUT2D eigenvalue weighted by Gasteiger charge is -2.15. The van der Waals surface area contributed by atoms with Crippen LogP contribution in [0.25, 0.3) is 0 Å². The van der Waals surface area contributed by atoms with E-state index in [2.05, 4.69) is 32.0 Å². The molecule has 0 fully saturated rings. The Morgan fingerprint density at radius 1 is 1.24 bits per heavy atom. The third-order valence-corrected chi connectivity index (χ3v) is 2.76. The van der Waals surface area contributed by atoms with E-state index in [1.165, 1.54) is 16.7 Å². The van der Waals surface area contributed by atoms with Crippen molar-refractivity contribution in [2.75, 3.05) is 26.9 Å². The normalized spacial score (nSPS) is 12.7. The lowest BCUT2D eigenvalue weighted by atomic mass is 10.0. The van der Waals surface area contributed by atoms with Crippen molar-refractivity contribution in [3.05, 3.63) is 34.9 Å². The van der Waals surface area contributed by atoms with Crippen molar-refractivity contribution in [1.82, 2.24) is 0 Å². The molecule has 0 aliphatic heterocycles. The Balaban J connectivity index is 2.38. The molecule has 1 aromatic carbocycles. The summed E-state index contributed by atoms with van der Waals surface area (Å²) >= 11 is 0. The molecule has 1 aromatic rings. The molecule has 0 aliphatic carbocycles. The minimum absolute atomic E-state index is 0.0434. The molecule has 0 aromatic heterocycles. The molecule has 96 valence electrons. The highest BCUT2D eigenvalue weighted by atomic mass is 16.5. The first-order valence-corrected chi connectivity index (χ1v) is 6.04. The Bertz CT molecular complexity index is 339. The first-order valence-electron chi connectivity index (χ1n) is 6.04. The Kier molecular flexibility index (Phi) is 6.19. The number of methoxy groups -OCH3 is 1. The molecule has 0 spiro atoms. The van der Waals surface area contributed by atoms with Crippen LogP contribution < -0.4 is 5.73 Å². The van der Waals surface area contributed by atoms with E-state index in [1.807, 2.05) is 0 Å². The van der Waals surface area contributed by atoms with Gasteiger partial charge in [0.1, 0.15) is 0 Å². The van der Waals surface area contributed by atoms with Gasteiger partial charge in [-0.15, -0.1) is 0 Å². The molecule has 0 saturated heterocycles. The Hall–Kier alpha value is -0.900. The molecule has 3 nitrogen and oxygen atoms in total. The number of rotatable bonds is 7.